The highest BCUT2D eigenvalue weighted by molar-refractivity contribution is 14.1. The predicted octanol–water partition coefficient (Wildman–Crippen LogP) is 3.59. The van der Waals surface area contributed by atoms with E-state index in [1.165, 1.54) is 22.6 Å². The quantitative estimate of drug-likeness (QED) is 0.499. The molecule has 0 N–H and O–H groups in total. The average molecular weight is 260 g/mol. The van der Waals surface area contributed by atoms with Gasteiger partial charge in [-0.25, -0.2) is 0 Å². The molecule has 1 aliphatic rings. The summed E-state index contributed by atoms with van der Waals surface area (Å²) in [4.78, 5) is 0. The first-order valence-electron chi connectivity index (χ1n) is 3.67. The van der Waals surface area contributed by atoms with Crippen LogP contribution in [0.2, 0.25) is 0 Å². The zero-order chi connectivity index (χ0) is 7.61. The minimum Gasteiger partial charge on any atom is -0.195 e. The number of hydrogen-bond acceptors (Lipinski definition) is 0. The molecule has 0 aliphatic heterocycles. The number of rotatable bonds is 1. The van der Waals surface area contributed by atoms with E-state index in [1.807, 2.05) is 0 Å². The van der Waals surface area contributed by atoms with Crippen LogP contribution in [0.5, 0.6) is 0 Å². The van der Waals surface area contributed by atoms with Gasteiger partial charge in [0, 0.05) is 5.92 Å². The molecule has 0 nitrogen and oxygen atoms in total. The summed E-state index contributed by atoms with van der Waals surface area (Å²) in [6, 6.07) is 0. The Morgan fingerprint density at radius 2 is 1.60 bits per heavy atom. The van der Waals surface area contributed by atoms with Crippen molar-refractivity contribution in [1.29, 1.82) is 0 Å². The Bertz CT molecular complexity index is 103. The van der Waals surface area contributed by atoms with E-state index in [1.54, 1.807) is 0 Å². The van der Waals surface area contributed by atoms with Crippen LogP contribution < -0.4 is 0 Å². The van der Waals surface area contributed by atoms with Crippen LogP contribution >= 0.6 is 22.6 Å². The van der Waals surface area contributed by atoms with Gasteiger partial charge in [-0.15, -0.1) is 0 Å². The van der Waals surface area contributed by atoms with Crippen molar-refractivity contribution in [2.45, 2.75) is 36.0 Å². The standard InChI is InChI=1S/C7H11F2I/c8-7(9,10)6-4-2-1-3-5-6/h6H,1-5H2. The molecule has 0 aromatic rings. The molecule has 60 valence electrons. The van der Waals surface area contributed by atoms with Crippen LogP contribution in [0, 0.1) is 5.92 Å². The van der Waals surface area contributed by atoms with E-state index >= 15 is 0 Å². The first-order chi connectivity index (χ1) is 4.61. The number of alkyl halides is 3. The van der Waals surface area contributed by atoms with Crippen molar-refractivity contribution in [1.82, 2.24) is 0 Å². The van der Waals surface area contributed by atoms with Gasteiger partial charge in [-0.3, -0.25) is 0 Å². The zero-order valence-electron chi connectivity index (χ0n) is 5.75. The van der Waals surface area contributed by atoms with Crippen molar-refractivity contribution in [3.8, 4) is 0 Å². The zero-order valence-corrected chi connectivity index (χ0v) is 7.90. The molecule has 0 saturated heterocycles. The van der Waals surface area contributed by atoms with Crippen LogP contribution in [0.1, 0.15) is 32.1 Å². The summed E-state index contributed by atoms with van der Waals surface area (Å²) in [5, 5.41) is 0. The second-order valence-electron chi connectivity index (χ2n) is 2.88. The number of halogens is 3. The van der Waals surface area contributed by atoms with Gasteiger partial charge in [0.25, 0.3) is 3.93 Å². The third-order valence-corrected chi connectivity index (χ3v) is 2.95. The molecule has 1 saturated carbocycles. The van der Waals surface area contributed by atoms with Gasteiger partial charge in [0.1, 0.15) is 0 Å². The van der Waals surface area contributed by atoms with Gasteiger partial charge in [0.05, 0.1) is 0 Å². The highest BCUT2D eigenvalue weighted by atomic mass is 127. The Kier molecular flexibility index (Phi) is 2.89. The molecule has 10 heavy (non-hydrogen) atoms. The third-order valence-electron chi connectivity index (χ3n) is 2.07. The summed E-state index contributed by atoms with van der Waals surface area (Å²) < 4.78 is 22.7. The molecule has 0 aromatic heterocycles. The fraction of sp³-hybridized carbons (Fsp3) is 1.00. The first kappa shape index (κ1) is 8.68. The highest BCUT2D eigenvalue weighted by Gasteiger charge is 2.36. The predicted molar refractivity (Wildman–Crippen MR) is 45.5 cm³/mol. The summed E-state index contributed by atoms with van der Waals surface area (Å²) in [6.45, 7) is 0. The van der Waals surface area contributed by atoms with Crippen LogP contribution in [0.4, 0.5) is 8.78 Å². The van der Waals surface area contributed by atoms with E-state index in [0.717, 1.165) is 32.1 Å². The molecule has 0 unspecified atom stereocenters. The van der Waals surface area contributed by atoms with Crippen molar-refractivity contribution < 1.29 is 8.78 Å². The summed E-state index contributed by atoms with van der Waals surface area (Å²) in [7, 11) is 0. The largest absolute Gasteiger partial charge is 0.299 e. The van der Waals surface area contributed by atoms with E-state index in [-0.39, 0.29) is 5.92 Å². The molecular weight excluding hydrogens is 249 g/mol. The molecule has 1 fully saturated rings. The summed E-state index contributed by atoms with van der Waals surface area (Å²) >= 11 is 1.26. The molecule has 1 rings (SSSR count). The first-order valence-corrected chi connectivity index (χ1v) is 4.75. The maximum Gasteiger partial charge on any atom is 0.299 e. The second kappa shape index (κ2) is 3.32. The van der Waals surface area contributed by atoms with Gasteiger partial charge in [-0.05, 0) is 35.4 Å². The van der Waals surface area contributed by atoms with E-state index in [9.17, 15) is 8.78 Å². The Balaban J connectivity index is 2.39. The normalized spacial score (nSPS) is 23.1. The van der Waals surface area contributed by atoms with E-state index in [4.69, 9.17) is 0 Å². The lowest BCUT2D eigenvalue weighted by Crippen LogP contribution is -2.22. The Morgan fingerprint density at radius 3 is 1.90 bits per heavy atom. The van der Waals surface area contributed by atoms with Gasteiger partial charge < -0.3 is 0 Å². The Labute approximate surface area is 73.5 Å². The highest BCUT2D eigenvalue weighted by Crippen LogP contribution is 2.40. The van der Waals surface area contributed by atoms with Crippen LogP contribution in [-0.4, -0.2) is 3.93 Å². The number of hydrogen-bond donors (Lipinski definition) is 0. The van der Waals surface area contributed by atoms with E-state index in [0.29, 0.717) is 0 Å². The van der Waals surface area contributed by atoms with E-state index in [2.05, 4.69) is 0 Å². The van der Waals surface area contributed by atoms with E-state index < -0.39 is 3.93 Å². The van der Waals surface area contributed by atoms with Gasteiger partial charge in [-0.1, -0.05) is 19.3 Å². The summed E-state index contributed by atoms with van der Waals surface area (Å²) in [5.74, 6) is -0.346. The van der Waals surface area contributed by atoms with Gasteiger partial charge in [-0.2, -0.15) is 8.78 Å². The Morgan fingerprint density at radius 1 is 1.10 bits per heavy atom. The monoisotopic (exact) mass is 260 g/mol. The van der Waals surface area contributed by atoms with Gasteiger partial charge in [0.15, 0.2) is 0 Å². The maximum absolute atomic E-state index is 12.6. The topological polar surface area (TPSA) is 0 Å². The fourth-order valence-corrected chi connectivity index (χ4v) is 2.05. The molecule has 0 atom stereocenters. The molecule has 0 spiro atoms. The van der Waals surface area contributed by atoms with Crippen LogP contribution in [0.15, 0.2) is 0 Å². The Hall–Kier alpha value is 0.590. The van der Waals surface area contributed by atoms with Crippen molar-refractivity contribution in [2.75, 3.05) is 0 Å². The molecular formula is C7H11F2I. The smallest absolute Gasteiger partial charge is 0.195 e. The fourth-order valence-electron chi connectivity index (χ4n) is 1.43. The summed E-state index contributed by atoms with van der Waals surface area (Å²) in [6.07, 6.45) is 4.56. The average Bonchev–Trinajstić information content (AvgIpc) is 1.88. The summed E-state index contributed by atoms with van der Waals surface area (Å²) in [5.41, 5.74) is 0. The lowest BCUT2D eigenvalue weighted by Gasteiger charge is -2.25. The van der Waals surface area contributed by atoms with Crippen molar-refractivity contribution in [3.63, 3.8) is 0 Å². The van der Waals surface area contributed by atoms with Crippen LogP contribution in [0.3, 0.4) is 0 Å². The minimum atomic E-state index is -2.46. The van der Waals surface area contributed by atoms with Gasteiger partial charge >= 0.3 is 0 Å². The van der Waals surface area contributed by atoms with Crippen molar-refractivity contribution in [3.05, 3.63) is 0 Å². The molecule has 0 heterocycles. The van der Waals surface area contributed by atoms with Crippen LogP contribution in [0.25, 0.3) is 0 Å². The second-order valence-corrected chi connectivity index (χ2v) is 4.31. The maximum atomic E-state index is 12.6. The van der Waals surface area contributed by atoms with Crippen LogP contribution in [-0.2, 0) is 0 Å². The van der Waals surface area contributed by atoms with Crippen molar-refractivity contribution in [2.24, 2.45) is 5.92 Å². The molecule has 0 amide bonds. The lowest BCUT2D eigenvalue weighted by atomic mass is 9.90. The third kappa shape index (κ3) is 2.32. The molecule has 1 aliphatic carbocycles. The minimum absolute atomic E-state index is 0.346. The molecule has 0 bridgehead atoms. The van der Waals surface area contributed by atoms with Gasteiger partial charge in [0.2, 0.25) is 0 Å². The molecule has 0 aromatic carbocycles. The molecule has 3 heteroatoms. The molecule has 0 radical (unpaired) electrons. The SMILES string of the molecule is FC(F)(I)C1CCCCC1. The van der Waals surface area contributed by atoms with Crippen molar-refractivity contribution >= 4 is 22.6 Å². The lowest BCUT2D eigenvalue weighted by molar-refractivity contribution is 0.0379.